The molecule has 1 N–H and O–H groups in total. The molecule has 0 amide bonds. The zero-order valence-corrected chi connectivity index (χ0v) is 11.4. The maximum absolute atomic E-state index is 5.53. The average Bonchev–Trinajstić information content (AvgIpc) is 2.40. The number of aromatic nitrogens is 1. The molecule has 1 saturated heterocycles. The molecule has 0 spiro atoms. The van der Waals surface area contributed by atoms with Crippen molar-refractivity contribution in [2.24, 2.45) is 5.92 Å². The highest BCUT2D eigenvalue weighted by Gasteiger charge is 2.16. The van der Waals surface area contributed by atoms with Crippen LogP contribution in [0.25, 0.3) is 0 Å². The van der Waals surface area contributed by atoms with E-state index >= 15 is 0 Å². The minimum absolute atomic E-state index is 0.652. The Balaban J connectivity index is 1.94. The number of hydrogen-bond acceptors (Lipinski definition) is 4. The Hall–Kier alpha value is -1.29. The number of rotatable bonds is 5. The van der Waals surface area contributed by atoms with E-state index in [1.54, 1.807) is 0 Å². The standard InChI is InChI=1S/C14H23N3O/c1-3-15-14-9-13(6-7-16-14)17(2)10-12-5-4-8-18-11-12/h6-7,9,12H,3-5,8,10-11H2,1-2H3,(H,15,16). The molecule has 0 aliphatic carbocycles. The highest BCUT2D eigenvalue weighted by molar-refractivity contribution is 5.53. The van der Waals surface area contributed by atoms with Crippen LogP contribution < -0.4 is 10.2 Å². The predicted molar refractivity (Wildman–Crippen MR) is 75.2 cm³/mol. The van der Waals surface area contributed by atoms with Crippen LogP contribution in [-0.2, 0) is 4.74 Å². The maximum Gasteiger partial charge on any atom is 0.127 e. The molecule has 1 atom stereocenters. The van der Waals surface area contributed by atoms with Crippen molar-refractivity contribution in [3.05, 3.63) is 18.3 Å². The third-order valence-corrected chi connectivity index (χ3v) is 3.33. The molecule has 4 heteroatoms. The molecule has 4 nitrogen and oxygen atoms in total. The lowest BCUT2D eigenvalue weighted by Crippen LogP contribution is -2.30. The Labute approximate surface area is 109 Å². The fraction of sp³-hybridized carbons (Fsp3) is 0.643. The van der Waals surface area contributed by atoms with E-state index in [4.69, 9.17) is 4.74 Å². The van der Waals surface area contributed by atoms with Gasteiger partial charge < -0.3 is 15.0 Å². The van der Waals surface area contributed by atoms with Gasteiger partial charge in [-0.05, 0) is 31.7 Å². The van der Waals surface area contributed by atoms with Crippen LogP contribution in [0.4, 0.5) is 11.5 Å². The van der Waals surface area contributed by atoms with E-state index in [0.29, 0.717) is 5.92 Å². The third-order valence-electron chi connectivity index (χ3n) is 3.33. The summed E-state index contributed by atoms with van der Waals surface area (Å²) in [6.45, 7) is 5.86. The van der Waals surface area contributed by atoms with E-state index in [-0.39, 0.29) is 0 Å². The topological polar surface area (TPSA) is 37.4 Å². The quantitative estimate of drug-likeness (QED) is 0.869. The van der Waals surface area contributed by atoms with Crippen molar-refractivity contribution in [2.75, 3.05) is 43.6 Å². The van der Waals surface area contributed by atoms with Crippen LogP contribution in [0.2, 0.25) is 0 Å². The molecule has 0 radical (unpaired) electrons. The van der Waals surface area contributed by atoms with Gasteiger partial charge in [0, 0.05) is 44.7 Å². The molecule has 0 aromatic carbocycles. The van der Waals surface area contributed by atoms with Crippen LogP contribution in [0.5, 0.6) is 0 Å². The van der Waals surface area contributed by atoms with E-state index in [9.17, 15) is 0 Å². The molecule has 1 aliphatic rings. The van der Waals surface area contributed by atoms with Crippen molar-refractivity contribution in [1.82, 2.24) is 4.98 Å². The number of nitrogens with zero attached hydrogens (tertiary/aromatic N) is 2. The van der Waals surface area contributed by atoms with Gasteiger partial charge in [0.25, 0.3) is 0 Å². The van der Waals surface area contributed by atoms with Crippen LogP contribution in [0.15, 0.2) is 18.3 Å². The second-order valence-electron chi connectivity index (χ2n) is 4.89. The van der Waals surface area contributed by atoms with Gasteiger partial charge in [0.15, 0.2) is 0 Å². The second-order valence-corrected chi connectivity index (χ2v) is 4.89. The van der Waals surface area contributed by atoms with Crippen molar-refractivity contribution in [3.8, 4) is 0 Å². The maximum atomic E-state index is 5.53. The van der Waals surface area contributed by atoms with Gasteiger partial charge >= 0.3 is 0 Å². The normalized spacial score (nSPS) is 19.6. The fourth-order valence-electron chi connectivity index (χ4n) is 2.38. The number of nitrogens with one attached hydrogen (secondary N) is 1. The van der Waals surface area contributed by atoms with Gasteiger partial charge in [-0.2, -0.15) is 0 Å². The van der Waals surface area contributed by atoms with Gasteiger partial charge in [-0.3, -0.25) is 0 Å². The molecular formula is C14H23N3O. The summed E-state index contributed by atoms with van der Waals surface area (Å²) in [4.78, 5) is 6.59. The molecule has 1 fully saturated rings. The Bertz CT molecular complexity index is 364. The minimum atomic E-state index is 0.652. The Morgan fingerprint density at radius 1 is 1.56 bits per heavy atom. The highest BCUT2D eigenvalue weighted by Crippen LogP contribution is 2.20. The third kappa shape index (κ3) is 3.60. The molecule has 0 saturated carbocycles. The summed E-state index contributed by atoms with van der Waals surface area (Å²) in [7, 11) is 2.14. The number of ether oxygens (including phenoxy) is 1. The molecule has 2 rings (SSSR count). The van der Waals surface area contributed by atoms with Gasteiger partial charge in [0.05, 0.1) is 6.61 Å². The zero-order valence-electron chi connectivity index (χ0n) is 11.4. The van der Waals surface area contributed by atoms with E-state index in [0.717, 1.165) is 32.1 Å². The van der Waals surface area contributed by atoms with Crippen LogP contribution in [0.3, 0.4) is 0 Å². The van der Waals surface area contributed by atoms with E-state index in [1.807, 2.05) is 6.20 Å². The first-order valence-corrected chi connectivity index (χ1v) is 6.78. The molecule has 1 aromatic rings. The summed E-state index contributed by atoms with van der Waals surface area (Å²) in [6.07, 6.45) is 4.33. The monoisotopic (exact) mass is 249 g/mol. The first-order valence-electron chi connectivity index (χ1n) is 6.78. The van der Waals surface area contributed by atoms with Crippen LogP contribution in [-0.4, -0.2) is 38.3 Å². The molecule has 100 valence electrons. The lowest BCUT2D eigenvalue weighted by atomic mass is 10.0. The SMILES string of the molecule is CCNc1cc(N(C)CC2CCCOC2)ccn1. The summed E-state index contributed by atoms with van der Waals surface area (Å²) in [6, 6.07) is 4.16. The smallest absolute Gasteiger partial charge is 0.127 e. The summed E-state index contributed by atoms with van der Waals surface area (Å²) in [5.74, 6) is 1.60. The summed E-state index contributed by atoms with van der Waals surface area (Å²) in [5, 5.41) is 3.24. The molecule has 1 unspecified atom stereocenters. The first kappa shape index (κ1) is 13.1. The van der Waals surface area contributed by atoms with E-state index in [1.165, 1.54) is 18.5 Å². The van der Waals surface area contributed by atoms with Crippen molar-refractivity contribution in [1.29, 1.82) is 0 Å². The Kier molecular flexibility index (Phi) is 4.81. The molecule has 1 aromatic heterocycles. The van der Waals surface area contributed by atoms with Crippen molar-refractivity contribution >= 4 is 11.5 Å². The molecule has 2 heterocycles. The number of pyridine rings is 1. The highest BCUT2D eigenvalue weighted by atomic mass is 16.5. The molecular weight excluding hydrogens is 226 g/mol. The van der Waals surface area contributed by atoms with E-state index < -0.39 is 0 Å². The van der Waals surface area contributed by atoms with Crippen molar-refractivity contribution in [2.45, 2.75) is 19.8 Å². The van der Waals surface area contributed by atoms with Gasteiger partial charge in [0.2, 0.25) is 0 Å². The van der Waals surface area contributed by atoms with Gasteiger partial charge in [-0.15, -0.1) is 0 Å². The molecule has 18 heavy (non-hydrogen) atoms. The average molecular weight is 249 g/mol. The number of hydrogen-bond donors (Lipinski definition) is 1. The Morgan fingerprint density at radius 3 is 3.17 bits per heavy atom. The van der Waals surface area contributed by atoms with Crippen LogP contribution in [0.1, 0.15) is 19.8 Å². The van der Waals surface area contributed by atoms with Crippen LogP contribution >= 0.6 is 0 Å². The number of anilines is 2. The van der Waals surface area contributed by atoms with Crippen molar-refractivity contribution in [3.63, 3.8) is 0 Å². The predicted octanol–water partition coefficient (Wildman–Crippen LogP) is 2.38. The van der Waals surface area contributed by atoms with Gasteiger partial charge in [-0.1, -0.05) is 0 Å². The molecule has 0 bridgehead atoms. The first-order chi connectivity index (χ1) is 8.79. The van der Waals surface area contributed by atoms with E-state index in [2.05, 4.69) is 41.3 Å². The lowest BCUT2D eigenvalue weighted by Gasteiger charge is -2.28. The lowest BCUT2D eigenvalue weighted by molar-refractivity contribution is 0.0576. The van der Waals surface area contributed by atoms with Gasteiger partial charge in [0.1, 0.15) is 5.82 Å². The molecule has 1 aliphatic heterocycles. The summed E-state index contributed by atoms with van der Waals surface area (Å²) in [5.41, 5.74) is 1.21. The summed E-state index contributed by atoms with van der Waals surface area (Å²) < 4.78 is 5.53. The van der Waals surface area contributed by atoms with Crippen LogP contribution in [0, 0.1) is 5.92 Å². The zero-order chi connectivity index (χ0) is 12.8. The second kappa shape index (κ2) is 6.59. The van der Waals surface area contributed by atoms with Gasteiger partial charge in [-0.25, -0.2) is 4.98 Å². The fourth-order valence-corrected chi connectivity index (χ4v) is 2.38. The Morgan fingerprint density at radius 2 is 2.44 bits per heavy atom. The minimum Gasteiger partial charge on any atom is -0.381 e. The largest absolute Gasteiger partial charge is 0.381 e. The van der Waals surface area contributed by atoms with Crippen molar-refractivity contribution < 1.29 is 4.74 Å². The summed E-state index contributed by atoms with van der Waals surface area (Å²) >= 11 is 0.